The molecule has 0 heterocycles. The zero-order chi connectivity index (χ0) is 14.7. The Balaban J connectivity index is 3.89. The van der Waals surface area contributed by atoms with Gasteiger partial charge in [0.05, 0.1) is 0 Å². The van der Waals surface area contributed by atoms with Gasteiger partial charge in [0.2, 0.25) is 0 Å². The van der Waals surface area contributed by atoms with E-state index < -0.39 is 24.1 Å². The number of ether oxygens (including phenoxy) is 1. The summed E-state index contributed by atoms with van der Waals surface area (Å²) < 4.78 is 4.81. The topological polar surface area (TPSA) is 143 Å². The van der Waals surface area contributed by atoms with Crippen molar-refractivity contribution in [1.82, 2.24) is 16.0 Å². The van der Waals surface area contributed by atoms with E-state index >= 15 is 0 Å². The van der Waals surface area contributed by atoms with Crippen LogP contribution < -0.4 is 21.7 Å². The minimum atomic E-state index is -1.11. The summed E-state index contributed by atoms with van der Waals surface area (Å²) in [4.78, 5) is 32.6. The molecule has 1 unspecified atom stereocenters. The van der Waals surface area contributed by atoms with E-state index in [1.54, 1.807) is 0 Å². The number of hydrogen-bond donors (Lipinski definition) is 5. The number of amides is 4. The fourth-order valence-corrected chi connectivity index (χ4v) is 1.26. The van der Waals surface area contributed by atoms with Gasteiger partial charge in [-0.25, -0.2) is 14.4 Å². The molecule has 0 aliphatic heterocycles. The van der Waals surface area contributed by atoms with Crippen molar-refractivity contribution in [3.8, 4) is 0 Å². The van der Waals surface area contributed by atoms with E-state index in [2.05, 4.69) is 16.0 Å². The van der Waals surface area contributed by atoms with Gasteiger partial charge < -0.3 is 31.5 Å². The molecule has 1 atom stereocenters. The number of carbonyl (C=O) groups is 3. The quantitative estimate of drug-likeness (QED) is 0.337. The molecule has 6 N–H and O–H groups in total. The molecule has 4 amide bonds. The van der Waals surface area contributed by atoms with Crippen LogP contribution in [0, 0.1) is 0 Å². The van der Waals surface area contributed by atoms with Crippen LogP contribution in [0.1, 0.15) is 12.8 Å². The number of primary amides is 1. The van der Waals surface area contributed by atoms with Crippen LogP contribution in [-0.4, -0.2) is 56.0 Å². The van der Waals surface area contributed by atoms with Gasteiger partial charge in [-0.15, -0.1) is 0 Å². The third kappa shape index (κ3) is 9.65. The number of carboxylic acids is 1. The van der Waals surface area contributed by atoms with E-state index in [0.717, 1.165) is 0 Å². The highest BCUT2D eigenvalue weighted by molar-refractivity contribution is 5.82. The fraction of sp³-hybridized carbons (Fsp3) is 0.700. The van der Waals surface area contributed by atoms with Crippen molar-refractivity contribution in [2.45, 2.75) is 18.9 Å². The van der Waals surface area contributed by atoms with Crippen molar-refractivity contribution < 1.29 is 24.2 Å². The zero-order valence-corrected chi connectivity index (χ0v) is 10.8. The third-order valence-corrected chi connectivity index (χ3v) is 2.15. The summed E-state index contributed by atoms with van der Waals surface area (Å²) in [6.45, 7) is 0.749. The lowest BCUT2D eigenvalue weighted by atomic mass is 10.1. The molecule has 0 radical (unpaired) electrons. The first-order chi connectivity index (χ1) is 8.97. The summed E-state index contributed by atoms with van der Waals surface area (Å²) in [5.74, 6) is -1.11. The number of nitrogens with two attached hydrogens (primary N) is 1. The number of urea groups is 2. The molecule has 0 bridgehead atoms. The molecule has 0 aliphatic carbocycles. The molecule has 0 spiro atoms. The number of rotatable bonds is 9. The van der Waals surface area contributed by atoms with Gasteiger partial charge in [0.1, 0.15) is 6.04 Å². The Hall–Kier alpha value is -2.03. The van der Waals surface area contributed by atoms with Crippen LogP contribution in [0.15, 0.2) is 0 Å². The Kier molecular flexibility index (Phi) is 8.88. The molecule has 9 nitrogen and oxygen atoms in total. The van der Waals surface area contributed by atoms with Gasteiger partial charge in [-0.3, -0.25) is 0 Å². The first-order valence-electron chi connectivity index (χ1n) is 5.76. The molecule has 0 aromatic rings. The van der Waals surface area contributed by atoms with E-state index in [-0.39, 0.29) is 19.5 Å². The summed E-state index contributed by atoms with van der Waals surface area (Å²) >= 11 is 0. The van der Waals surface area contributed by atoms with E-state index in [4.69, 9.17) is 15.6 Å². The molecule has 19 heavy (non-hydrogen) atoms. The lowest BCUT2D eigenvalue weighted by Crippen LogP contribution is -2.47. The first kappa shape index (κ1) is 17.0. The second-order valence-electron chi connectivity index (χ2n) is 3.72. The molecule has 0 aromatic carbocycles. The second kappa shape index (κ2) is 9.95. The Morgan fingerprint density at radius 1 is 1.26 bits per heavy atom. The fourth-order valence-electron chi connectivity index (χ4n) is 1.26. The lowest BCUT2D eigenvalue weighted by Gasteiger charge is -2.15. The average molecular weight is 276 g/mol. The van der Waals surface area contributed by atoms with Crippen molar-refractivity contribution >= 4 is 18.0 Å². The first-order valence-corrected chi connectivity index (χ1v) is 5.76. The number of carbonyl (C=O) groups excluding carboxylic acids is 2. The molecule has 0 fully saturated rings. The average Bonchev–Trinajstić information content (AvgIpc) is 2.33. The van der Waals surface area contributed by atoms with Gasteiger partial charge in [-0.1, -0.05) is 0 Å². The summed E-state index contributed by atoms with van der Waals surface area (Å²) in [6.07, 6.45) is 0.799. The smallest absolute Gasteiger partial charge is 0.326 e. The number of nitrogens with one attached hydrogen (secondary N) is 3. The van der Waals surface area contributed by atoms with E-state index in [1.807, 2.05) is 0 Å². The van der Waals surface area contributed by atoms with Crippen LogP contribution in [-0.2, 0) is 9.53 Å². The van der Waals surface area contributed by atoms with Crippen LogP contribution in [0.2, 0.25) is 0 Å². The Labute approximate surface area is 110 Å². The van der Waals surface area contributed by atoms with E-state index in [0.29, 0.717) is 13.0 Å². The largest absolute Gasteiger partial charge is 0.480 e. The van der Waals surface area contributed by atoms with Gasteiger partial charge in [-0.05, 0) is 12.8 Å². The van der Waals surface area contributed by atoms with Gasteiger partial charge in [0.25, 0.3) is 0 Å². The van der Waals surface area contributed by atoms with Crippen LogP contribution in [0.4, 0.5) is 9.59 Å². The molecule has 0 aromatic heterocycles. The Morgan fingerprint density at radius 2 is 1.89 bits per heavy atom. The number of methoxy groups -OCH3 is 1. The number of hydrogen-bond acceptors (Lipinski definition) is 4. The maximum Gasteiger partial charge on any atom is 0.326 e. The van der Waals surface area contributed by atoms with Gasteiger partial charge in [0, 0.05) is 26.8 Å². The monoisotopic (exact) mass is 276 g/mol. The third-order valence-electron chi connectivity index (χ3n) is 2.15. The van der Waals surface area contributed by atoms with Gasteiger partial charge in [-0.2, -0.15) is 0 Å². The van der Waals surface area contributed by atoms with Crippen molar-refractivity contribution in [2.75, 3.05) is 26.8 Å². The summed E-state index contributed by atoms with van der Waals surface area (Å²) in [5, 5.41) is 15.9. The van der Waals surface area contributed by atoms with E-state index in [1.165, 1.54) is 7.11 Å². The minimum Gasteiger partial charge on any atom is -0.480 e. The molecule has 110 valence electrons. The predicted octanol–water partition coefficient (Wildman–Crippen LogP) is -1.17. The van der Waals surface area contributed by atoms with Crippen molar-refractivity contribution in [3.63, 3.8) is 0 Å². The Bertz CT molecular complexity index is 310. The van der Waals surface area contributed by atoms with Crippen LogP contribution >= 0.6 is 0 Å². The molecule has 0 rings (SSSR count). The predicted molar refractivity (Wildman–Crippen MR) is 66.7 cm³/mol. The molecule has 0 saturated heterocycles. The SMILES string of the molecule is COCCCC(NC(=O)NCCNC(N)=O)C(=O)O. The van der Waals surface area contributed by atoms with Crippen LogP contribution in [0.25, 0.3) is 0 Å². The van der Waals surface area contributed by atoms with Crippen LogP contribution in [0.5, 0.6) is 0 Å². The highest BCUT2D eigenvalue weighted by atomic mass is 16.5. The van der Waals surface area contributed by atoms with Gasteiger partial charge in [0.15, 0.2) is 0 Å². The van der Waals surface area contributed by atoms with Crippen LogP contribution in [0.3, 0.4) is 0 Å². The molecular weight excluding hydrogens is 256 g/mol. The summed E-state index contributed by atoms with van der Waals surface area (Å²) in [6, 6.07) is -2.28. The number of aliphatic carboxylic acids is 1. The highest BCUT2D eigenvalue weighted by Crippen LogP contribution is 1.98. The Morgan fingerprint density at radius 3 is 2.42 bits per heavy atom. The molecule has 0 aliphatic rings. The van der Waals surface area contributed by atoms with E-state index in [9.17, 15) is 14.4 Å². The zero-order valence-electron chi connectivity index (χ0n) is 10.8. The van der Waals surface area contributed by atoms with Crippen molar-refractivity contribution in [1.29, 1.82) is 0 Å². The minimum absolute atomic E-state index is 0.152. The van der Waals surface area contributed by atoms with Gasteiger partial charge >= 0.3 is 18.0 Å². The van der Waals surface area contributed by atoms with Crippen molar-refractivity contribution in [2.24, 2.45) is 5.73 Å². The molecular formula is C10H20N4O5. The maximum absolute atomic E-state index is 11.4. The molecule has 0 saturated carbocycles. The normalized spacial score (nSPS) is 11.4. The summed E-state index contributed by atoms with van der Waals surface area (Å²) in [7, 11) is 1.52. The second-order valence-corrected chi connectivity index (χ2v) is 3.72. The maximum atomic E-state index is 11.4. The van der Waals surface area contributed by atoms with Crippen molar-refractivity contribution in [3.05, 3.63) is 0 Å². The molecule has 9 heteroatoms. The lowest BCUT2D eigenvalue weighted by molar-refractivity contribution is -0.139. The summed E-state index contributed by atoms with van der Waals surface area (Å²) in [5.41, 5.74) is 4.83. The number of carboxylic acid groups (broad SMARTS) is 1. The highest BCUT2D eigenvalue weighted by Gasteiger charge is 2.18. The standard InChI is InChI=1S/C10H20N4O5/c1-19-6-2-3-7(8(15)16)14-10(18)13-5-4-12-9(11)17/h7H,2-6H2,1H3,(H,15,16)(H3,11,12,17)(H2,13,14,18).